The molecule has 26 heavy (non-hydrogen) atoms. The lowest BCUT2D eigenvalue weighted by Crippen LogP contribution is -2.30. The second-order valence-corrected chi connectivity index (χ2v) is 7.86. The molecule has 0 spiro atoms. The van der Waals surface area contributed by atoms with E-state index in [1.807, 2.05) is 0 Å². The molecule has 1 N–H and O–H groups in total. The highest BCUT2D eigenvalue weighted by Crippen LogP contribution is 2.23. The number of benzene rings is 1. The minimum absolute atomic E-state index is 0.0934. The van der Waals surface area contributed by atoms with Crippen LogP contribution in [0.4, 0.5) is 0 Å². The van der Waals surface area contributed by atoms with Crippen molar-refractivity contribution >= 4 is 15.9 Å². The monoisotopic (exact) mass is 376 g/mol. The zero-order valence-electron chi connectivity index (χ0n) is 14.3. The van der Waals surface area contributed by atoms with Crippen molar-refractivity contribution in [2.24, 2.45) is 0 Å². The number of nitrogens with zero attached hydrogens (tertiary/aromatic N) is 3. The molecule has 1 aromatic carbocycles. The van der Waals surface area contributed by atoms with Crippen molar-refractivity contribution in [1.82, 2.24) is 19.6 Å². The summed E-state index contributed by atoms with van der Waals surface area (Å²) in [4.78, 5) is 20.3. The highest BCUT2D eigenvalue weighted by Gasteiger charge is 2.32. The smallest absolute Gasteiger partial charge is 0.251 e. The largest absolute Gasteiger partial charge is 0.380 e. The van der Waals surface area contributed by atoms with Crippen LogP contribution in [0.5, 0.6) is 0 Å². The molecule has 0 radical (unpaired) electrons. The number of nitrogens with one attached hydrogen (secondary N) is 1. The number of amides is 1. The van der Waals surface area contributed by atoms with Gasteiger partial charge in [0.25, 0.3) is 5.91 Å². The number of methoxy groups -OCH3 is 1. The third-order valence-corrected chi connectivity index (χ3v) is 6.11. The Labute approximate surface area is 152 Å². The molecule has 3 rings (SSSR count). The number of carbonyl (C=O) groups is 1. The van der Waals surface area contributed by atoms with Crippen LogP contribution in [0.25, 0.3) is 0 Å². The molecule has 1 fully saturated rings. The predicted molar refractivity (Wildman–Crippen MR) is 93.8 cm³/mol. The first-order valence-corrected chi connectivity index (χ1v) is 9.61. The summed E-state index contributed by atoms with van der Waals surface area (Å²) in [6.07, 6.45) is 3.56. The second-order valence-electron chi connectivity index (χ2n) is 5.92. The summed E-state index contributed by atoms with van der Waals surface area (Å²) in [6.45, 7) is 0.966. The summed E-state index contributed by atoms with van der Waals surface area (Å²) >= 11 is 0. The van der Waals surface area contributed by atoms with E-state index in [2.05, 4.69) is 15.3 Å². The van der Waals surface area contributed by atoms with E-state index in [9.17, 15) is 13.2 Å². The maximum absolute atomic E-state index is 12.8. The molecule has 1 saturated heterocycles. The Balaban J connectivity index is 1.72. The average Bonchev–Trinajstić information content (AvgIpc) is 3.17. The van der Waals surface area contributed by atoms with E-state index in [0.717, 1.165) is 0 Å². The molecule has 1 unspecified atom stereocenters. The van der Waals surface area contributed by atoms with E-state index in [-0.39, 0.29) is 29.0 Å². The van der Waals surface area contributed by atoms with Gasteiger partial charge in [0.05, 0.1) is 23.2 Å². The number of rotatable bonds is 6. The number of carbonyl (C=O) groups excluding carboxylic acids is 1. The third kappa shape index (κ3) is 4.06. The van der Waals surface area contributed by atoms with Crippen LogP contribution in [0.15, 0.2) is 47.8 Å². The highest BCUT2D eigenvalue weighted by atomic mass is 32.2. The fourth-order valence-corrected chi connectivity index (χ4v) is 4.28. The first-order valence-electron chi connectivity index (χ1n) is 8.17. The fraction of sp³-hybridized carbons (Fsp3) is 0.353. The van der Waals surface area contributed by atoms with Crippen LogP contribution in [0.1, 0.15) is 22.5 Å². The van der Waals surface area contributed by atoms with Gasteiger partial charge in [-0.15, -0.1) is 0 Å². The molecule has 138 valence electrons. The Bertz CT molecular complexity index is 873. The summed E-state index contributed by atoms with van der Waals surface area (Å²) in [5, 5.41) is 2.72. The first kappa shape index (κ1) is 18.4. The SMILES string of the molecule is COC1CCN(S(=O)(=O)c2cccc(C(=O)NCc3ccncn3)c2)C1. The maximum Gasteiger partial charge on any atom is 0.251 e. The Morgan fingerprint density at radius 1 is 1.38 bits per heavy atom. The minimum Gasteiger partial charge on any atom is -0.380 e. The zero-order chi connectivity index (χ0) is 18.6. The normalized spacial score (nSPS) is 18.0. The van der Waals surface area contributed by atoms with Gasteiger partial charge in [-0.05, 0) is 30.7 Å². The number of aromatic nitrogens is 2. The van der Waals surface area contributed by atoms with Crippen molar-refractivity contribution < 1.29 is 17.9 Å². The van der Waals surface area contributed by atoms with Gasteiger partial charge in [-0.1, -0.05) is 6.07 Å². The quantitative estimate of drug-likeness (QED) is 0.801. The molecule has 1 amide bonds. The van der Waals surface area contributed by atoms with Crippen molar-refractivity contribution in [3.8, 4) is 0 Å². The molecule has 0 saturated carbocycles. The summed E-state index contributed by atoms with van der Waals surface area (Å²) < 4.78 is 32.2. The van der Waals surface area contributed by atoms with Gasteiger partial charge >= 0.3 is 0 Å². The Kier molecular flexibility index (Phi) is 5.60. The lowest BCUT2D eigenvalue weighted by Gasteiger charge is -2.16. The molecule has 2 heterocycles. The van der Waals surface area contributed by atoms with Crippen LogP contribution in [-0.4, -0.2) is 54.9 Å². The van der Waals surface area contributed by atoms with Crippen molar-refractivity contribution in [2.75, 3.05) is 20.2 Å². The number of ether oxygens (including phenoxy) is 1. The van der Waals surface area contributed by atoms with Gasteiger partial charge in [0.15, 0.2) is 0 Å². The van der Waals surface area contributed by atoms with Crippen LogP contribution >= 0.6 is 0 Å². The molecular formula is C17H20N4O4S. The fourth-order valence-electron chi connectivity index (χ4n) is 2.75. The van der Waals surface area contributed by atoms with Crippen molar-refractivity contribution in [1.29, 1.82) is 0 Å². The molecule has 9 heteroatoms. The van der Waals surface area contributed by atoms with E-state index in [4.69, 9.17) is 4.74 Å². The summed E-state index contributed by atoms with van der Waals surface area (Å²) in [5.74, 6) is -0.364. The third-order valence-electron chi connectivity index (χ3n) is 4.25. The second kappa shape index (κ2) is 7.90. The molecular weight excluding hydrogens is 356 g/mol. The molecule has 2 aromatic rings. The number of hydrogen-bond donors (Lipinski definition) is 1. The molecule has 8 nitrogen and oxygen atoms in total. The van der Waals surface area contributed by atoms with Gasteiger partial charge in [0.1, 0.15) is 6.33 Å². The highest BCUT2D eigenvalue weighted by molar-refractivity contribution is 7.89. The molecule has 1 aromatic heterocycles. The molecule has 1 aliphatic heterocycles. The van der Waals surface area contributed by atoms with Crippen LogP contribution in [-0.2, 0) is 21.3 Å². The van der Waals surface area contributed by atoms with E-state index in [1.54, 1.807) is 31.5 Å². The van der Waals surface area contributed by atoms with Gasteiger partial charge in [-0.3, -0.25) is 4.79 Å². The molecule has 1 aliphatic rings. The van der Waals surface area contributed by atoms with Crippen LogP contribution in [0.3, 0.4) is 0 Å². The Morgan fingerprint density at radius 3 is 2.92 bits per heavy atom. The molecule has 1 atom stereocenters. The van der Waals surface area contributed by atoms with E-state index in [1.165, 1.54) is 22.8 Å². The first-order chi connectivity index (χ1) is 12.5. The van der Waals surface area contributed by atoms with Crippen molar-refractivity contribution in [3.63, 3.8) is 0 Å². The molecule has 0 bridgehead atoms. The van der Waals surface area contributed by atoms with Crippen molar-refractivity contribution in [3.05, 3.63) is 54.1 Å². The predicted octanol–water partition coefficient (Wildman–Crippen LogP) is 0.816. The lowest BCUT2D eigenvalue weighted by molar-refractivity contribution is 0.0950. The average molecular weight is 376 g/mol. The zero-order valence-corrected chi connectivity index (χ0v) is 15.1. The van der Waals surface area contributed by atoms with E-state index >= 15 is 0 Å². The molecule has 0 aliphatic carbocycles. The summed E-state index contributed by atoms with van der Waals surface area (Å²) in [5.41, 5.74) is 0.947. The van der Waals surface area contributed by atoms with Crippen LogP contribution < -0.4 is 5.32 Å². The maximum atomic E-state index is 12.8. The van der Waals surface area contributed by atoms with E-state index in [0.29, 0.717) is 25.2 Å². The van der Waals surface area contributed by atoms with Crippen LogP contribution in [0.2, 0.25) is 0 Å². The number of sulfonamides is 1. The lowest BCUT2D eigenvalue weighted by atomic mass is 10.2. The standard InChI is InChI=1S/C17H20N4O4S/c1-25-15-6-8-21(11-15)26(23,24)16-4-2-3-13(9-16)17(22)19-10-14-5-7-18-12-20-14/h2-5,7,9,12,15H,6,8,10-11H2,1H3,(H,19,22). The summed E-state index contributed by atoms with van der Waals surface area (Å²) in [7, 11) is -2.08. The van der Waals surface area contributed by atoms with Gasteiger partial charge < -0.3 is 10.1 Å². The van der Waals surface area contributed by atoms with E-state index < -0.39 is 10.0 Å². The topological polar surface area (TPSA) is 101 Å². The van der Waals surface area contributed by atoms with Crippen LogP contribution in [0, 0.1) is 0 Å². The minimum atomic E-state index is -3.65. The van der Waals surface area contributed by atoms with Gasteiger partial charge in [0.2, 0.25) is 10.0 Å². The van der Waals surface area contributed by atoms with Crippen molar-refractivity contribution in [2.45, 2.75) is 24.0 Å². The van der Waals surface area contributed by atoms with Gasteiger partial charge in [-0.2, -0.15) is 4.31 Å². The number of hydrogen-bond acceptors (Lipinski definition) is 6. The van der Waals surface area contributed by atoms with Gasteiger partial charge in [0, 0.05) is 32.0 Å². The Morgan fingerprint density at radius 2 is 2.23 bits per heavy atom. The van der Waals surface area contributed by atoms with Gasteiger partial charge in [-0.25, -0.2) is 18.4 Å². The Hall–Kier alpha value is -2.36. The summed E-state index contributed by atoms with van der Waals surface area (Å²) in [6, 6.07) is 7.73.